The van der Waals surface area contributed by atoms with E-state index in [1.807, 2.05) is 0 Å². The monoisotopic (exact) mass is 140 g/mol. The van der Waals surface area contributed by atoms with E-state index >= 15 is 0 Å². The topological polar surface area (TPSA) is 0 Å². The molecule has 0 aliphatic rings. The molecule has 0 heteroatoms. The Bertz CT molecular complexity index is 101. The predicted octanol–water partition coefficient (Wildman–Crippen LogP) is 3.78. The molecule has 0 spiro atoms. The fourth-order valence-corrected chi connectivity index (χ4v) is 1.46. The van der Waals surface area contributed by atoms with Gasteiger partial charge in [0.1, 0.15) is 0 Å². The van der Waals surface area contributed by atoms with Crippen LogP contribution in [0, 0.1) is 5.92 Å². The van der Waals surface area contributed by atoms with E-state index in [1.54, 1.807) is 5.57 Å². The van der Waals surface area contributed by atoms with Gasteiger partial charge in [-0.1, -0.05) is 38.8 Å². The zero-order valence-corrected chi connectivity index (χ0v) is 7.78. The lowest BCUT2D eigenvalue weighted by Gasteiger charge is -2.12. The first-order chi connectivity index (χ1) is 4.76. The lowest BCUT2D eigenvalue weighted by Crippen LogP contribution is -1.97. The Morgan fingerprint density at radius 2 is 2.00 bits per heavy atom. The maximum absolute atomic E-state index is 2.32. The zero-order chi connectivity index (χ0) is 7.98. The summed E-state index contributed by atoms with van der Waals surface area (Å²) in [7, 11) is 0. The van der Waals surface area contributed by atoms with Crippen LogP contribution in [0.25, 0.3) is 0 Å². The summed E-state index contributed by atoms with van der Waals surface area (Å²) in [5.74, 6) is 0.806. The summed E-state index contributed by atoms with van der Waals surface area (Å²) in [4.78, 5) is 0. The van der Waals surface area contributed by atoms with Gasteiger partial charge >= 0.3 is 0 Å². The van der Waals surface area contributed by atoms with Crippen LogP contribution in [0.1, 0.15) is 47.0 Å². The highest BCUT2D eigenvalue weighted by molar-refractivity contribution is 5.03. The van der Waals surface area contributed by atoms with Crippen molar-refractivity contribution >= 4 is 0 Å². The summed E-state index contributed by atoms with van der Waals surface area (Å²) in [6.45, 7) is 8.95. The van der Waals surface area contributed by atoms with Gasteiger partial charge in [0, 0.05) is 0 Å². The molecule has 1 unspecified atom stereocenters. The summed E-state index contributed by atoms with van der Waals surface area (Å²) < 4.78 is 0. The van der Waals surface area contributed by atoms with Gasteiger partial charge in [0.2, 0.25) is 0 Å². The van der Waals surface area contributed by atoms with Gasteiger partial charge in [-0.3, -0.25) is 0 Å². The molecule has 0 bridgehead atoms. The van der Waals surface area contributed by atoms with Crippen LogP contribution in [-0.2, 0) is 0 Å². The van der Waals surface area contributed by atoms with Crippen molar-refractivity contribution in [3.63, 3.8) is 0 Å². The van der Waals surface area contributed by atoms with Crippen molar-refractivity contribution in [2.75, 3.05) is 0 Å². The summed E-state index contributed by atoms with van der Waals surface area (Å²) in [6.07, 6.45) is 6.13. The highest BCUT2D eigenvalue weighted by Gasteiger charge is 2.03. The van der Waals surface area contributed by atoms with Crippen molar-refractivity contribution in [1.29, 1.82) is 0 Å². The minimum absolute atomic E-state index is 0.806. The van der Waals surface area contributed by atoms with Gasteiger partial charge in [0.25, 0.3) is 0 Å². The second kappa shape index (κ2) is 5.52. The van der Waals surface area contributed by atoms with Crippen LogP contribution in [0.4, 0.5) is 0 Å². The molecule has 0 fully saturated rings. The van der Waals surface area contributed by atoms with E-state index in [-0.39, 0.29) is 0 Å². The van der Waals surface area contributed by atoms with E-state index in [0.29, 0.717) is 0 Å². The highest BCUT2D eigenvalue weighted by atomic mass is 14.1. The first kappa shape index (κ1) is 9.74. The lowest BCUT2D eigenvalue weighted by molar-refractivity contribution is 0.585. The third-order valence-electron chi connectivity index (χ3n) is 2.13. The van der Waals surface area contributed by atoms with Crippen molar-refractivity contribution in [1.82, 2.24) is 0 Å². The highest BCUT2D eigenvalue weighted by Crippen LogP contribution is 2.18. The fraction of sp³-hybridized carbons (Fsp3) is 0.800. The summed E-state index contributed by atoms with van der Waals surface area (Å²) in [5, 5.41) is 0. The van der Waals surface area contributed by atoms with E-state index in [1.165, 1.54) is 19.3 Å². The van der Waals surface area contributed by atoms with Crippen LogP contribution in [0.3, 0.4) is 0 Å². The van der Waals surface area contributed by atoms with Gasteiger partial charge in [-0.05, 0) is 25.7 Å². The SMILES string of the molecule is C/C=C(\CC)C(C)CCC. The maximum Gasteiger partial charge on any atom is -0.0232 e. The van der Waals surface area contributed by atoms with Crippen LogP contribution in [-0.4, -0.2) is 0 Å². The average Bonchev–Trinajstić information content (AvgIpc) is 1.91. The molecule has 0 amide bonds. The van der Waals surface area contributed by atoms with E-state index < -0.39 is 0 Å². The number of allylic oxidation sites excluding steroid dienone is 2. The Kier molecular flexibility index (Phi) is 5.38. The van der Waals surface area contributed by atoms with Crippen LogP contribution in [0.5, 0.6) is 0 Å². The molecule has 0 heterocycles. The van der Waals surface area contributed by atoms with Gasteiger partial charge in [-0.25, -0.2) is 0 Å². The molecule has 0 aromatic carbocycles. The standard InChI is InChI=1S/C10H20/c1-5-8-9(4)10(6-2)7-3/h6,9H,5,7-8H2,1-4H3/b10-6+. The molecule has 0 aliphatic heterocycles. The Morgan fingerprint density at radius 1 is 1.40 bits per heavy atom. The molecule has 10 heavy (non-hydrogen) atoms. The number of hydrogen-bond donors (Lipinski definition) is 0. The summed E-state index contributed by atoms with van der Waals surface area (Å²) >= 11 is 0. The van der Waals surface area contributed by atoms with Crippen LogP contribution in [0.2, 0.25) is 0 Å². The predicted molar refractivity (Wildman–Crippen MR) is 48.1 cm³/mol. The molecule has 0 saturated carbocycles. The number of rotatable bonds is 4. The normalized spacial score (nSPS) is 15.4. The smallest absolute Gasteiger partial charge is 0.0232 e. The molecule has 0 rings (SSSR count). The van der Waals surface area contributed by atoms with Crippen LogP contribution < -0.4 is 0 Å². The quantitative estimate of drug-likeness (QED) is 0.521. The van der Waals surface area contributed by atoms with E-state index in [4.69, 9.17) is 0 Å². The van der Waals surface area contributed by atoms with Gasteiger partial charge in [-0.2, -0.15) is 0 Å². The summed E-state index contributed by atoms with van der Waals surface area (Å²) in [5.41, 5.74) is 1.61. The third-order valence-corrected chi connectivity index (χ3v) is 2.13. The van der Waals surface area contributed by atoms with Crippen molar-refractivity contribution in [3.05, 3.63) is 11.6 Å². The summed E-state index contributed by atoms with van der Waals surface area (Å²) in [6, 6.07) is 0. The van der Waals surface area contributed by atoms with Crippen molar-refractivity contribution in [2.24, 2.45) is 5.92 Å². The molecule has 0 N–H and O–H groups in total. The van der Waals surface area contributed by atoms with Gasteiger partial charge in [0.15, 0.2) is 0 Å². The minimum atomic E-state index is 0.806. The Morgan fingerprint density at radius 3 is 2.30 bits per heavy atom. The molecule has 0 aromatic heterocycles. The Balaban J connectivity index is 3.77. The van der Waals surface area contributed by atoms with Crippen molar-refractivity contribution in [2.45, 2.75) is 47.0 Å². The number of hydrogen-bond acceptors (Lipinski definition) is 0. The van der Waals surface area contributed by atoms with Gasteiger partial charge in [0.05, 0.1) is 0 Å². The molecular formula is C10H20. The molecule has 1 atom stereocenters. The molecule has 0 saturated heterocycles. The van der Waals surface area contributed by atoms with Crippen molar-refractivity contribution in [3.8, 4) is 0 Å². The van der Waals surface area contributed by atoms with E-state index in [0.717, 1.165) is 5.92 Å². The Hall–Kier alpha value is -0.260. The molecule has 0 nitrogen and oxygen atoms in total. The third kappa shape index (κ3) is 3.05. The first-order valence-corrected chi connectivity index (χ1v) is 4.41. The van der Waals surface area contributed by atoms with Crippen LogP contribution in [0.15, 0.2) is 11.6 Å². The van der Waals surface area contributed by atoms with E-state index in [2.05, 4.69) is 33.8 Å². The molecule has 60 valence electrons. The largest absolute Gasteiger partial charge is 0.0882 e. The molecule has 0 aliphatic carbocycles. The fourth-order valence-electron chi connectivity index (χ4n) is 1.46. The molecule has 0 radical (unpaired) electrons. The molecular weight excluding hydrogens is 120 g/mol. The Labute approximate surface area is 65.3 Å². The average molecular weight is 140 g/mol. The zero-order valence-electron chi connectivity index (χ0n) is 7.78. The van der Waals surface area contributed by atoms with Crippen molar-refractivity contribution < 1.29 is 0 Å². The second-order valence-corrected chi connectivity index (χ2v) is 2.91. The van der Waals surface area contributed by atoms with E-state index in [9.17, 15) is 0 Å². The maximum atomic E-state index is 2.32. The second-order valence-electron chi connectivity index (χ2n) is 2.91. The van der Waals surface area contributed by atoms with Gasteiger partial charge < -0.3 is 0 Å². The molecule has 0 aromatic rings. The van der Waals surface area contributed by atoms with Gasteiger partial charge in [-0.15, -0.1) is 0 Å². The van der Waals surface area contributed by atoms with Crippen LogP contribution >= 0.6 is 0 Å². The first-order valence-electron chi connectivity index (χ1n) is 4.41. The lowest BCUT2D eigenvalue weighted by atomic mass is 9.94. The minimum Gasteiger partial charge on any atom is -0.0882 e.